The molecule has 0 radical (unpaired) electrons. The minimum absolute atomic E-state index is 0.765. The summed E-state index contributed by atoms with van der Waals surface area (Å²) in [4.78, 5) is 0. The van der Waals surface area contributed by atoms with Gasteiger partial charge in [0.25, 0.3) is 0 Å². The summed E-state index contributed by atoms with van der Waals surface area (Å²) in [5.74, 6) is 0. The second kappa shape index (κ2) is 3.73. The average molecular weight is 226 g/mol. The van der Waals surface area contributed by atoms with E-state index in [4.69, 9.17) is 0 Å². The first-order chi connectivity index (χ1) is 8.24. The molecule has 86 valence electrons. The van der Waals surface area contributed by atoms with Crippen LogP contribution >= 0.6 is 0 Å². The minimum atomic E-state index is 0.765. The van der Waals surface area contributed by atoms with E-state index in [9.17, 15) is 0 Å². The Morgan fingerprint density at radius 3 is 2.88 bits per heavy atom. The number of aryl methyl sites for hydroxylation is 2. The van der Waals surface area contributed by atoms with E-state index in [1.807, 2.05) is 13.2 Å². The molecule has 0 spiro atoms. The molecular formula is C13H14N4. The third-order valence-electron chi connectivity index (χ3n) is 3.01. The molecule has 0 aliphatic heterocycles. The van der Waals surface area contributed by atoms with Crippen molar-refractivity contribution in [2.75, 3.05) is 0 Å². The van der Waals surface area contributed by atoms with Gasteiger partial charge in [-0.05, 0) is 24.6 Å². The number of aromatic nitrogens is 4. The number of hydrogen-bond acceptors (Lipinski definition) is 2. The van der Waals surface area contributed by atoms with E-state index in [-0.39, 0.29) is 0 Å². The molecule has 17 heavy (non-hydrogen) atoms. The maximum atomic E-state index is 4.11. The zero-order valence-electron chi connectivity index (χ0n) is 9.96. The highest BCUT2D eigenvalue weighted by Crippen LogP contribution is 2.20. The van der Waals surface area contributed by atoms with Crippen LogP contribution in [0.15, 0.2) is 36.7 Å². The van der Waals surface area contributed by atoms with Gasteiger partial charge in [-0.2, -0.15) is 0 Å². The highest BCUT2D eigenvalue weighted by molar-refractivity contribution is 5.83. The van der Waals surface area contributed by atoms with Gasteiger partial charge in [0, 0.05) is 30.3 Å². The van der Waals surface area contributed by atoms with Gasteiger partial charge in [-0.15, -0.1) is 5.10 Å². The van der Waals surface area contributed by atoms with Gasteiger partial charge in [0.1, 0.15) is 5.69 Å². The van der Waals surface area contributed by atoms with Crippen LogP contribution in [0.1, 0.15) is 11.3 Å². The molecule has 0 bridgehead atoms. The first-order valence-electron chi connectivity index (χ1n) is 5.64. The number of hydrogen-bond donors (Lipinski definition) is 0. The zero-order chi connectivity index (χ0) is 11.8. The monoisotopic (exact) mass is 226 g/mol. The third-order valence-corrected chi connectivity index (χ3v) is 3.01. The highest BCUT2D eigenvalue weighted by atomic mass is 15.4. The van der Waals surface area contributed by atoms with Gasteiger partial charge in [-0.3, -0.25) is 4.68 Å². The molecule has 0 aliphatic rings. The van der Waals surface area contributed by atoms with Crippen LogP contribution < -0.4 is 0 Å². The molecule has 3 rings (SSSR count). The van der Waals surface area contributed by atoms with E-state index in [0.717, 1.165) is 12.2 Å². The van der Waals surface area contributed by atoms with Crippen molar-refractivity contribution in [3.05, 3.63) is 47.9 Å². The number of nitrogens with zero attached hydrogens (tertiary/aromatic N) is 4. The van der Waals surface area contributed by atoms with Crippen LogP contribution in [0, 0.1) is 6.92 Å². The summed E-state index contributed by atoms with van der Waals surface area (Å²) in [6.07, 6.45) is 4.05. The third kappa shape index (κ3) is 1.71. The molecule has 4 nitrogen and oxygen atoms in total. The second-order valence-corrected chi connectivity index (χ2v) is 4.33. The Balaban J connectivity index is 2.04. The summed E-state index contributed by atoms with van der Waals surface area (Å²) >= 11 is 0. The van der Waals surface area contributed by atoms with E-state index in [1.165, 1.54) is 16.5 Å². The average Bonchev–Trinajstić information content (AvgIpc) is 2.88. The topological polar surface area (TPSA) is 35.6 Å². The zero-order valence-corrected chi connectivity index (χ0v) is 9.96. The van der Waals surface area contributed by atoms with Crippen LogP contribution in [0.4, 0.5) is 0 Å². The lowest BCUT2D eigenvalue weighted by Crippen LogP contribution is -1.98. The van der Waals surface area contributed by atoms with Crippen molar-refractivity contribution in [2.45, 2.75) is 13.5 Å². The van der Waals surface area contributed by atoms with Crippen molar-refractivity contribution in [3.63, 3.8) is 0 Å². The Morgan fingerprint density at radius 2 is 2.12 bits per heavy atom. The summed E-state index contributed by atoms with van der Waals surface area (Å²) < 4.78 is 3.93. The quantitative estimate of drug-likeness (QED) is 0.671. The SMILES string of the molecule is Cc1cccc2c1ccn2Cc1cn(C)nn1. The van der Waals surface area contributed by atoms with Gasteiger partial charge < -0.3 is 4.57 Å². The molecule has 1 aromatic carbocycles. The van der Waals surface area contributed by atoms with Gasteiger partial charge in [0.15, 0.2) is 0 Å². The molecule has 0 N–H and O–H groups in total. The maximum absolute atomic E-state index is 4.11. The van der Waals surface area contributed by atoms with Crippen LogP contribution in [0.2, 0.25) is 0 Å². The molecule has 0 fully saturated rings. The smallest absolute Gasteiger partial charge is 0.102 e. The van der Waals surface area contributed by atoms with Gasteiger partial charge >= 0.3 is 0 Å². The Hall–Kier alpha value is -2.10. The second-order valence-electron chi connectivity index (χ2n) is 4.33. The van der Waals surface area contributed by atoms with Crippen LogP contribution in [-0.4, -0.2) is 19.6 Å². The van der Waals surface area contributed by atoms with Crippen molar-refractivity contribution in [1.29, 1.82) is 0 Å². The maximum Gasteiger partial charge on any atom is 0.102 e. The van der Waals surface area contributed by atoms with Crippen molar-refractivity contribution in [1.82, 2.24) is 19.6 Å². The fourth-order valence-electron chi connectivity index (χ4n) is 2.16. The lowest BCUT2D eigenvalue weighted by Gasteiger charge is -2.03. The standard InChI is InChI=1S/C13H14N4/c1-10-4-3-5-13-12(10)6-7-17(13)9-11-8-16(2)15-14-11/h3-8H,9H2,1-2H3. The van der Waals surface area contributed by atoms with E-state index in [1.54, 1.807) is 4.68 Å². The van der Waals surface area contributed by atoms with Gasteiger partial charge in [-0.1, -0.05) is 17.3 Å². The van der Waals surface area contributed by atoms with E-state index >= 15 is 0 Å². The predicted octanol–water partition coefficient (Wildman–Crippen LogP) is 2.13. The van der Waals surface area contributed by atoms with Crippen LogP contribution in [0.3, 0.4) is 0 Å². The van der Waals surface area contributed by atoms with Gasteiger partial charge in [-0.25, -0.2) is 0 Å². The lowest BCUT2D eigenvalue weighted by atomic mass is 10.1. The molecule has 0 saturated heterocycles. The number of benzene rings is 1. The molecule has 0 aliphatic carbocycles. The normalized spacial score (nSPS) is 11.2. The fraction of sp³-hybridized carbons (Fsp3) is 0.231. The molecule has 2 aromatic heterocycles. The molecule has 3 aromatic rings. The molecule has 0 unspecified atom stereocenters. The van der Waals surface area contributed by atoms with Crippen LogP contribution in [0.25, 0.3) is 10.9 Å². The summed E-state index contributed by atoms with van der Waals surface area (Å²) in [5.41, 5.74) is 3.53. The van der Waals surface area contributed by atoms with Crippen molar-refractivity contribution in [2.24, 2.45) is 7.05 Å². The Labute approximate surface area is 99.5 Å². The summed E-state index contributed by atoms with van der Waals surface area (Å²) in [5, 5.41) is 9.36. The molecular weight excluding hydrogens is 212 g/mol. The lowest BCUT2D eigenvalue weighted by molar-refractivity contribution is 0.711. The number of rotatable bonds is 2. The van der Waals surface area contributed by atoms with E-state index < -0.39 is 0 Å². The van der Waals surface area contributed by atoms with E-state index in [2.05, 4.69) is 52.3 Å². The van der Waals surface area contributed by atoms with Gasteiger partial charge in [0.2, 0.25) is 0 Å². The molecule has 0 saturated carbocycles. The minimum Gasteiger partial charge on any atom is -0.341 e. The summed E-state index contributed by atoms with van der Waals surface area (Å²) in [6.45, 7) is 2.90. The van der Waals surface area contributed by atoms with Crippen molar-refractivity contribution in [3.8, 4) is 0 Å². The van der Waals surface area contributed by atoms with Crippen molar-refractivity contribution < 1.29 is 0 Å². The van der Waals surface area contributed by atoms with Crippen LogP contribution in [0.5, 0.6) is 0 Å². The summed E-state index contributed by atoms with van der Waals surface area (Å²) in [7, 11) is 1.88. The Bertz CT molecular complexity index is 663. The van der Waals surface area contributed by atoms with Crippen molar-refractivity contribution >= 4 is 10.9 Å². The molecule has 2 heterocycles. The molecule has 4 heteroatoms. The Morgan fingerprint density at radius 1 is 1.24 bits per heavy atom. The number of fused-ring (bicyclic) bond motifs is 1. The summed E-state index contributed by atoms with van der Waals surface area (Å²) in [6, 6.07) is 8.51. The first kappa shape index (κ1) is 10.1. The molecule has 0 amide bonds. The highest BCUT2D eigenvalue weighted by Gasteiger charge is 2.05. The predicted molar refractivity (Wildman–Crippen MR) is 66.8 cm³/mol. The largest absolute Gasteiger partial charge is 0.341 e. The Kier molecular flexibility index (Phi) is 2.21. The van der Waals surface area contributed by atoms with Crippen LogP contribution in [-0.2, 0) is 13.6 Å². The fourth-order valence-corrected chi connectivity index (χ4v) is 2.16. The molecule has 0 atom stereocenters. The van der Waals surface area contributed by atoms with Gasteiger partial charge in [0.05, 0.1) is 6.54 Å². The first-order valence-corrected chi connectivity index (χ1v) is 5.64. The van der Waals surface area contributed by atoms with E-state index in [0.29, 0.717) is 0 Å².